The first-order valence-corrected chi connectivity index (χ1v) is 7.75. The van der Waals surface area contributed by atoms with E-state index >= 15 is 0 Å². The summed E-state index contributed by atoms with van der Waals surface area (Å²) >= 11 is 7.31. The molecule has 114 valence electrons. The molecule has 1 aromatic rings. The van der Waals surface area contributed by atoms with Gasteiger partial charge in [-0.3, -0.25) is 4.79 Å². The molecular weight excluding hydrogens is 315 g/mol. The molecule has 1 amide bonds. The van der Waals surface area contributed by atoms with Crippen LogP contribution in [-0.4, -0.2) is 24.2 Å². The molecule has 0 spiro atoms. The summed E-state index contributed by atoms with van der Waals surface area (Å²) in [5.74, 6) is 0.949. The maximum Gasteiger partial charge on any atom is 0.230 e. The second-order valence-corrected chi connectivity index (χ2v) is 6.36. The van der Waals surface area contributed by atoms with E-state index in [9.17, 15) is 4.79 Å². The second-order valence-electron chi connectivity index (χ2n) is 4.87. The average molecular weight is 337 g/mol. The van der Waals surface area contributed by atoms with Crippen LogP contribution in [-0.2, 0) is 4.79 Å². The third kappa shape index (κ3) is 8.00. The second kappa shape index (κ2) is 10.3. The number of nitrogens with two attached hydrogens (primary N) is 1. The average Bonchev–Trinajstić information content (AvgIpc) is 2.36. The van der Waals surface area contributed by atoms with Gasteiger partial charge in [-0.1, -0.05) is 25.4 Å². The van der Waals surface area contributed by atoms with E-state index < -0.39 is 0 Å². The molecule has 0 bridgehead atoms. The highest BCUT2D eigenvalue weighted by atomic mass is 35.5. The van der Waals surface area contributed by atoms with Crippen molar-refractivity contribution in [1.82, 2.24) is 5.32 Å². The third-order valence-electron chi connectivity index (χ3n) is 2.59. The fourth-order valence-corrected chi connectivity index (χ4v) is 2.57. The number of rotatable bonds is 7. The van der Waals surface area contributed by atoms with Crippen LogP contribution in [0, 0.1) is 5.92 Å². The van der Waals surface area contributed by atoms with Crippen LogP contribution in [0.25, 0.3) is 0 Å². The van der Waals surface area contributed by atoms with Gasteiger partial charge in [0.15, 0.2) is 0 Å². The predicted molar refractivity (Wildman–Crippen MR) is 89.9 cm³/mol. The Balaban J connectivity index is 0.00000361. The minimum Gasteiger partial charge on any atom is -0.351 e. The molecule has 3 nitrogen and oxygen atoms in total. The summed E-state index contributed by atoms with van der Waals surface area (Å²) in [6, 6.07) is 7.54. The number of amides is 1. The van der Waals surface area contributed by atoms with Gasteiger partial charge in [0, 0.05) is 22.5 Å². The van der Waals surface area contributed by atoms with Gasteiger partial charge in [-0.15, -0.1) is 24.2 Å². The molecule has 0 aromatic heterocycles. The number of thioether (sulfide) groups is 1. The van der Waals surface area contributed by atoms with E-state index in [2.05, 4.69) is 19.2 Å². The molecule has 0 heterocycles. The molecule has 0 aliphatic heterocycles. The minimum atomic E-state index is 0. The summed E-state index contributed by atoms with van der Waals surface area (Å²) in [6.07, 6.45) is 0.911. The monoisotopic (exact) mass is 336 g/mol. The van der Waals surface area contributed by atoms with Crippen LogP contribution in [0.15, 0.2) is 29.2 Å². The SMILES string of the molecule is CC(C)CC(CN)NC(=O)CSc1ccc(Cl)cc1.Cl. The molecule has 20 heavy (non-hydrogen) atoms. The fourth-order valence-electron chi connectivity index (χ4n) is 1.73. The number of hydrogen-bond acceptors (Lipinski definition) is 3. The first kappa shape index (κ1) is 19.6. The zero-order valence-electron chi connectivity index (χ0n) is 11.8. The Kier molecular flexibility index (Phi) is 10.1. The van der Waals surface area contributed by atoms with Gasteiger partial charge in [0.1, 0.15) is 0 Å². The van der Waals surface area contributed by atoms with Gasteiger partial charge in [0.25, 0.3) is 0 Å². The summed E-state index contributed by atoms with van der Waals surface area (Å²) in [5.41, 5.74) is 5.66. The van der Waals surface area contributed by atoms with Crippen LogP contribution in [0.2, 0.25) is 5.02 Å². The molecule has 1 rings (SSSR count). The Bertz CT molecular complexity index is 399. The van der Waals surface area contributed by atoms with Gasteiger partial charge in [-0.2, -0.15) is 0 Å². The topological polar surface area (TPSA) is 55.1 Å². The highest BCUT2D eigenvalue weighted by Gasteiger charge is 2.12. The molecular formula is C14H22Cl2N2OS. The van der Waals surface area contributed by atoms with Crippen LogP contribution in [0.4, 0.5) is 0 Å². The van der Waals surface area contributed by atoms with Crippen molar-refractivity contribution in [2.75, 3.05) is 12.3 Å². The third-order valence-corrected chi connectivity index (χ3v) is 3.85. The number of carbonyl (C=O) groups is 1. The van der Waals surface area contributed by atoms with Crippen LogP contribution in [0.1, 0.15) is 20.3 Å². The summed E-state index contributed by atoms with van der Waals surface area (Å²) in [6.45, 7) is 4.73. The van der Waals surface area contributed by atoms with Crippen molar-refractivity contribution < 1.29 is 4.79 Å². The normalized spacial score (nSPS) is 11.8. The van der Waals surface area contributed by atoms with Gasteiger partial charge < -0.3 is 11.1 Å². The van der Waals surface area contributed by atoms with E-state index in [0.29, 0.717) is 23.2 Å². The number of benzene rings is 1. The van der Waals surface area contributed by atoms with Gasteiger partial charge in [0.2, 0.25) is 5.91 Å². The van der Waals surface area contributed by atoms with Crippen molar-refractivity contribution in [3.8, 4) is 0 Å². The Hall–Kier alpha value is -0.420. The van der Waals surface area contributed by atoms with Crippen LogP contribution in [0.5, 0.6) is 0 Å². The van der Waals surface area contributed by atoms with Crippen molar-refractivity contribution in [2.24, 2.45) is 11.7 Å². The van der Waals surface area contributed by atoms with Gasteiger partial charge in [-0.25, -0.2) is 0 Å². The van der Waals surface area contributed by atoms with Crippen LogP contribution >= 0.6 is 35.8 Å². The van der Waals surface area contributed by atoms with E-state index in [1.165, 1.54) is 11.8 Å². The molecule has 0 radical (unpaired) electrons. The molecule has 0 aliphatic rings. The summed E-state index contributed by atoms with van der Waals surface area (Å²) < 4.78 is 0. The highest BCUT2D eigenvalue weighted by Crippen LogP contribution is 2.20. The molecule has 0 fully saturated rings. The van der Waals surface area contributed by atoms with E-state index in [0.717, 1.165) is 11.3 Å². The summed E-state index contributed by atoms with van der Waals surface area (Å²) in [4.78, 5) is 12.9. The molecule has 1 aromatic carbocycles. The van der Waals surface area contributed by atoms with Crippen molar-refractivity contribution in [3.63, 3.8) is 0 Å². The Labute approximate surface area is 136 Å². The highest BCUT2D eigenvalue weighted by molar-refractivity contribution is 8.00. The van der Waals surface area contributed by atoms with E-state index in [1.54, 1.807) is 0 Å². The quantitative estimate of drug-likeness (QED) is 0.750. The maximum atomic E-state index is 11.8. The Morgan fingerprint density at radius 3 is 2.45 bits per heavy atom. The molecule has 6 heteroatoms. The van der Waals surface area contributed by atoms with Crippen LogP contribution in [0.3, 0.4) is 0 Å². The maximum absolute atomic E-state index is 11.8. The number of carbonyl (C=O) groups excluding carboxylic acids is 1. The van der Waals surface area contributed by atoms with Crippen molar-refractivity contribution >= 4 is 41.7 Å². The van der Waals surface area contributed by atoms with E-state index in [-0.39, 0.29) is 24.4 Å². The van der Waals surface area contributed by atoms with Crippen molar-refractivity contribution in [3.05, 3.63) is 29.3 Å². The lowest BCUT2D eigenvalue weighted by atomic mass is 10.0. The van der Waals surface area contributed by atoms with Gasteiger partial charge in [-0.05, 0) is 36.6 Å². The fraction of sp³-hybridized carbons (Fsp3) is 0.500. The van der Waals surface area contributed by atoms with Crippen LogP contribution < -0.4 is 11.1 Å². The standard InChI is InChI=1S/C14H21ClN2OS.ClH/c1-10(2)7-12(8-16)17-14(18)9-19-13-5-3-11(15)4-6-13;/h3-6,10,12H,7-9,16H2,1-2H3,(H,17,18);1H. The largest absolute Gasteiger partial charge is 0.351 e. The lowest BCUT2D eigenvalue weighted by molar-refractivity contribution is -0.119. The lowest BCUT2D eigenvalue weighted by Gasteiger charge is -2.18. The molecule has 1 atom stereocenters. The van der Waals surface area contributed by atoms with Crippen molar-refractivity contribution in [1.29, 1.82) is 0 Å². The van der Waals surface area contributed by atoms with E-state index in [1.807, 2.05) is 24.3 Å². The smallest absolute Gasteiger partial charge is 0.230 e. The Morgan fingerprint density at radius 2 is 1.95 bits per heavy atom. The zero-order chi connectivity index (χ0) is 14.3. The van der Waals surface area contributed by atoms with E-state index in [4.69, 9.17) is 17.3 Å². The van der Waals surface area contributed by atoms with Gasteiger partial charge in [0.05, 0.1) is 5.75 Å². The lowest BCUT2D eigenvalue weighted by Crippen LogP contribution is -2.41. The Morgan fingerprint density at radius 1 is 1.35 bits per heavy atom. The molecule has 0 aliphatic carbocycles. The van der Waals surface area contributed by atoms with Crippen molar-refractivity contribution in [2.45, 2.75) is 31.2 Å². The summed E-state index contributed by atoms with van der Waals surface area (Å²) in [7, 11) is 0. The summed E-state index contributed by atoms with van der Waals surface area (Å²) in [5, 5.41) is 3.67. The molecule has 1 unspecified atom stereocenters. The number of halogens is 2. The predicted octanol–water partition coefficient (Wildman–Crippen LogP) is 3.34. The molecule has 0 saturated carbocycles. The minimum absolute atomic E-state index is 0. The number of hydrogen-bond donors (Lipinski definition) is 2. The molecule has 0 saturated heterocycles. The van der Waals surface area contributed by atoms with Gasteiger partial charge >= 0.3 is 0 Å². The first-order chi connectivity index (χ1) is 9.01. The molecule has 3 N–H and O–H groups in total. The zero-order valence-corrected chi connectivity index (χ0v) is 14.2. The first-order valence-electron chi connectivity index (χ1n) is 6.39. The number of nitrogens with one attached hydrogen (secondary N) is 1.